The third-order valence-electron chi connectivity index (χ3n) is 5.07. The molecule has 0 radical (unpaired) electrons. The van der Waals surface area contributed by atoms with Gasteiger partial charge >= 0.3 is 0 Å². The number of carbonyl (C=O) groups is 1. The second-order valence-electron chi connectivity index (χ2n) is 6.81. The molecule has 1 fully saturated rings. The molecule has 2 aliphatic heterocycles. The Morgan fingerprint density at radius 1 is 1.43 bits per heavy atom. The summed E-state index contributed by atoms with van der Waals surface area (Å²) in [6.45, 7) is 0.236. The minimum absolute atomic E-state index is 0.0500. The predicted molar refractivity (Wildman–Crippen MR) is 116 cm³/mol. The number of hydrogen-bond acceptors (Lipinski definition) is 8. The van der Waals surface area contributed by atoms with E-state index in [1.165, 1.54) is 13.1 Å². The molecule has 2 atom stereocenters. The van der Waals surface area contributed by atoms with Crippen LogP contribution in [0.5, 0.6) is 0 Å². The van der Waals surface area contributed by atoms with Gasteiger partial charge in [0.15, 0.2) is 0 Å². The van der Waals surface area contributed by atoms with Crippen molar-refractivity contribution in [3.05, 3.63) is 44.2 Å². The lowest BCUT2D eigenvalue weighted by molar-refractivity contribution is 0.0545. The first-order valence-electron chi connectivity index (χ1n) is 8.80. The van der Waals surface area contributed by atoms with Gasteiger partial charge in [-0.3, -0.25) is 4.79 Å². The maximum atomic E-state index is 13.0. The van der Waals surface area contributed by atoms with Crippen LogP contribution in [0.4, 0.5) is 5.82 Å². The second-order valence-corrected chi connectivity index (χ2v) is 10.8. The van der Waals surface area contributed by atoms with Crippen LogP contribution >= 0.6 is 34.5 Å². The van der Waals surface area contributed by atoms with Gasteiger partial charge in [0.2, 0.25) is 16.0 Å². The minimum atomic E-state index is -3.82. The standard InChI is InChI=1S/C17H17Cl2N5O4S2/c1-24-16(20)23-17(5-6-28-8-11(17)30(24,26)27)14-9(18)7-10(29-14)15(25)22-13-4-2-3-12(19)21-13/h2-4,7,11H,5-6,8H2,1H3,(H2,20,23)(H,21,22,25). The number of nitrogens with one attached hydrogen (secondary N) is 1. The first-order valence-corrected chi connectivity index (χ1v) is 11.9. The van der Waals surface area contributed by atoms with Crippen molar-refractivity contribution in [3.63, 3.8) is 0 Å². The quantitative estimate of drug-likeness (QED) is 0.636. The molecule has 0 saturated carbocycles. The SMILES string of the molecule is CN1C(N)=NC2(c3sc(C(=O)Nc4cccc(Cl)n4)cc3Cl)CCOCC2S1(=O)=O. The lowest BCUT2D eigenvalue weighted by atomic mass is 9.88. The van der Waals surface area contributed by atoms with Crippen molar-refractivity contribution in [1.82, 2.24) is 9.29 Å². The molecule has 0 spiro atoms. The second kappa shape index (κ2) is 7.65. The van der Waals surface area contributed by atoms with Gasteiger partial charge in [0.25, 0.3) is 5.91 Å². The zero-order valence-corrected chi connectivity index (χ0v) is 18.8. The van der Waals surface area contributed by atoms with E-state index in [1.807, 2.05) is 0 Å². The Morgan fingerprint density at radius 2 is 2.20 bits per heavy atom. The topological polar surface area (TPSA) is 127 Å². The largest absolute Gasteiger partial charge is 0.380 e. The van der Waals surface area contributed by atoms with Crippen molar-refractivity contribution in [1.29, 1.82) is 0 Å². The highest BCUT2D eigenvalue weighted by Crippen LogP contribution is 2.48. The Balaban J connectivity index is 1.75. The smallest absolute Gasteiger partial charge is 0.266 e. The third-order valence-corrected chi connectivity index (χ3v) is 9.18. The molecule has 2 aromatic rings. The summed E-state index contributed by atoms with van der Waals surface area (Å²) in [6.07, 6.45) is 0.266. The molecule has 4 heterocycles. The molecule has 4 rings (SSSR count). The highest BCUT2D eigenvalue weighted by atomic mass is 35.5. The molecule has 30 heavy (non-hydrogen) atoms. The molecule has 1 amide bonds. The Kier molecular flexibility index (Phi) is 5.43. The summed E-state index contributed by atoms with van der Waals surface area (Å²) in [5.74, 6) is -0.299. The number of sulfonamides is 1. The fourth-order valence-electron chi connectivity index (χ4n) is 3.52. The molecular formula is C17H17Cl2N5O4S2. The average Bonchev–Trinajstić information content (AvgIpc) is 3.09. The zero-order chi connectivity index (χ0) is 21.7. The number of carbonyl (C=O) groups excluding carboxylic acids is 1. The van der Waals surface area contributed by atoms with Crippen molar-refractivity contribution < 1.29 is 17.9 Å². The molecule has 1 saturated heterocycles. The van der Waals surface area contributed by atoms with Gasteiger partial charge in [-0.15, -0.1) is 11.3 Å². The zero-order valence-electron chi connectivity index (χ0n) is 15.6. The molecule has 0 aliphatic carbocycles. The van der Waals surface area contributed by atoms with E-state index in [2.05, 4.69) is 15.3 Å². The van der Waals surface area contributed by atoms with Crippen molar-refractivity contribution in [2.75, 3.05) is 25.6 Å². The maximum Gasteiger partial charge on any atom is 0.266 e. The summed E-state index contributed by atoms with van der Waals surface area (Å²) < 4.78 is 32.4. The van der Waals surface area contributed by atoms with Gasteiger partial charge in [-0.25, -0.2) is 22.7 Å². The molecular weight excluding hydrogens is 473 g/mol. The molecule has 160 valence electrons. The summed E-state index contributed by atoms with van der Waals surface area (Å²) in [4.78, 5) is 22.0. The van der Waals surface area contributed by atoms with E-state index >= 15 is 0 Å². The fraction of sp³-hybridized carbons (Fsp3) is 0.353. The summed E-state index contributed by atoms with van der Waals surface area (Å²) >= 11 is 13.4. The van der Waals surface area contributed by atoms with Gasteiger partial charge in [0, 0.05) is 20.1 Å². The molecule has 0 bridgehead atoms. The van der Waals surface area contributed by atoms with Crippen LogP contribution in [0.15, 0.2) is 29.3 Å². The number of aliphatic imine (C=N–C) groups is 1. The number of guanidine groups is 1. The average molecular weight is 490 g/mol. The number of fused-ring (bicyclic) bond motifs is 1. The van der Waals surface area contributed by atoms with Gasteiger partial charge in [-0.05, 0) is 18.2 Å². The number of anilines is 1. The molecule has 9 nitrogen and oxygen atoms in total. The van der Waals surface area contributed by atoms with Crippen LogP contribution in [0.1, 0.15) is 21.0 Å². The molecule has 2 aromatic heterocycles. The van der Waals surface area contributed by atoms with Crippen LogP contribution in [0.3, 0.4) is 0 Å². The van der Waals surface area contributed by atoms with Crippen LogP contribution < -0.4 is 11.1 Å². The van der Waals surface area contributed by atoms with Gasteiger partial charge in [0.05, 0.1) is 21.4 Å². The van der Waals surface area contributed by atoms with Crippen LogP contribution in [0, 0.1) is 0 Å². The van der Waals surface area contributed by atoms with Crippen molar-refractivity contribution in [2.45, 2.75) is 17.2 Å². The van der Waals surface area contributed by atoms with Crippen molar-refractivity contribution >= 4 is 62.2 Å². The van der Waals surface area contributed by atoms with Crippen LogP contribution in [-0.2, 0) is 20.3 Å². The number of ether oxygens (including phenoxy) is 1. The van der Waals surface area contributed by atoms with Gasteiger partial charge in [-0.1, -0.05) is 29.3 Å². The molecule has 3 N–H and O–H groups in total. The number of pyridine rings is 1. The van der Waals surface area contributed by atoms with E-state index in [0.717, 1.165) is 15.6 Å². The van der Waals surface area contributed by atoms with Crippen LogP contribution in [0.25, 0.3) is 0 Å². The first-order chi connectivity index (χ1) is 14.1. The van der Waals surface area contributed by atoms with E-state index in [9.17, 15) is 13.2 Å². The van der Waals surface area contributed by atoms with Gasteiger partial charge in [-0.2, -0.15) is 0 Å². The fourth-order valence-corrected chi connectivity index (χ4v) is 7.10. The lowest BCUT2D eigenvalue weighted by Gasteiger charge is -2.45. The summed E-state index contributed by atoms with van der Waals surface area (Å²) in [7, 11) is -2.48. The number of thiophene rings is 1. The summed E-state index contributed by atoms with van der Waals surface area (Å²) in [6, 6.07) is 6.33. The molecule has 0 aromatic carbocycles. The predicted octanol–water partition coefficient (Wildman–Crippen LogP) is 2.28. The third kappa shape index (κ3) is 3.44. The number of nitrogens with zero attached hydrogens (tertiary/aromatic N) is 3. The number of hydrogen-bond donors (Lipinski definition) is 2. The van der Waals surface area contributed by atoms with E-state index in [0.29, 0.717) is 4.88 Å². The van der Waals surface area contributed by atoms with E-state index in [1.54, 1.807) is 18.2 Å². The van der Waals surface area contributed by atoms with E-state index < -0.39 is 26.7 Å². The summed E-state index contributed by atoms with van der Waals surface area (Å²) in [5, 5.41) is 2.13. The van der Waals surface area contributed by atoms with Crippen molar-refractivity contribution in [3.8, 4) is 0 Å². The highest BCUT2D eigenvalue weighted by molar-refractivity contribution is 7.90. The number of aromatic nitrogens is 1. The van der Waals surface area contributed by atoms with Gasteiger partial charge in [0.1, 0.15) is 21.8 Å². The van der Waals surface area contributed by atoms with Gasteiger partial charge < -0.3 is 15.8 Å². The summed E-state index contributed by atoms with van der Waals surface area (Å²) in [5.41, 5.74) is 4.71. The minimum Gasteiger partial charge on any atom is -0.380 e. The molecule has 13 heteroatoms. The Hall–Kier alpha value is -1.92. The van der Waals surface area contributed by atoms with Crippen molar-refractivity contribution in [2.24, 2.45) is 10.7 Å². The molecule has 2 unspecified atom stereocenters. The van der Waals surface area contributed by atoms with E-state index in [-0.39, 0.29) is 46.5 Å². The number of nitrogens with two attached hydrogens (primary N) is 1. The van der Waals surface area contributed by atoms with Crippen LogP contribution in [-0.4, -0.2) is 55.1 Å². The molecule has 2 aliphatic rings. The number of amides is 1. The normalized spacial score (nSPS) is 25.4. The van der Waals surface area contributed by atoms with Crippen LogP contribution in [0.2, 0.25) is 10.2 Å². The Bertz CT molecular complexity index is 1150. The first kappa shape index (κ1) is 21.3. The monoisotopic (exact) mass is 489 g/mol. The Morgan fingerprint density at radius 3 is 2.93 bits per heavy atom. The Labute approximate surface area is 186 Å². The lowest BCUT2D eigenvalue weighted by Crippen LogP contribution is -2.60. The number of halogens is 2. The maximum absolute atomic E-state index is 13.0. The number of rotatable bonds is 3. The van der Waals surface area contributed by atoms with E-state index in [4.69, 9.17) is 33.7 Å². The highest BCUT2D eigenvalue weighted by Gasteiger charge is 2.56.